The highest BCUT2D eigenvalue weighted by Gasteiger charge is 2.17. The van der Waals surface area contributed by atoms with Gasteiger partial charge in [-0.2, -0.15) is 0 Å². The van der Waals surface area contributed by atoms with Gasteiger partial charge in [-0.25, -0.2) is 13.1 Å². The normalized spacial score (nSPS) is 12.1. The van der Waals surface area contributed by atoms with Crippen molar-refractivity contribution in [2.45, 2.75) is 57.1 Å². The Hall–Kier alpha value is -1.38. The molecule has 1 aromatic heterocycles. The van der Waals surface area contributed by atoms with Crippen molar-refractivity contribution in [3.63, 3.8) is 0 Å². The van der Waals surface area contributed by atoms with Crippen molar-refractivity contribution in [2.75, 3.05) is 12.8 Å². The Morgan fingerprint density at radius 2 is 1.96 bits per heavy atom. The number of hydrogen-bond donors (Lipinski definition) is 1. The lowest BCUT2D eigenvalue weighted by Gasteiger charge is -2.12. The van der Waals surface area contributed by atoms with Gasteiger partial charge in [-0.05, 0) is 44.1 Å². The number of nitrogens with one attached hydrogen (secondary N) is 1. The van der Waals surface area contributed by atoms with E-state index in [9.17, 15) is 8.42 Å². The molecule has 0 fully saturated rings. The quantitative estimate of drug-likeness (QED) is 0.520. The summed E-state index contributed by atoms with van der Waals surface area (Å²) in [7, 11) is -3.49. The van der Waals surface area contributed by atoms with Crippen molar-refractivity contribution in [3.05, 3.63) is 35.2 Å². The largest absolute Gasteiger partial charge is 0.306 e. The van der Waals surface area contributed by atoms with Gasteiger partial charge >= 0.3 is 0 Å². The molecule has 0 spiro atoms. The smallest absolute Gasteiger partial charge is 0.240 e. The highest BCUT2D eigenvalue weighted by molar-refractivity contribution is 7.98. The molecule has 0 saturated heterocycles. The third kappa shape index (κ3) is 5.31. The van der Waals surface area contributed by atoms with Gasteiger partial charge in [-0.15, -0.1) is 10.2 Å². The van der Waals surface area contributed by atoms with Gasteiger partial charge in [0, 0.05) is 19.5 Å². The average Bonchev–Trinajstić information content (AvgIpc) is 2.92. The van der Waals surface area contributed by atoms with Gasteiger partial charge in [0.15, 0.2) is 5.16 Å². The molecular formula is C18H28N4O2S2. The molecule has 2 aromatic rings. The molecule has 26 heavy (non-hydrogen) atoms. The second kappa shape index (κ2) is 9.01. The van der Waals surface area contributed by atoms with E-state index < -0.39 is 10.0 Å². The molecule has 0 bridgehead atoms. The summed E-state index contributed by atoms with van der Waals surface area (Å²) >= 11 is 1.58. The van der Waals surface area contributed by atoms with Crippen LogP contribution in [0.3, 0.4) is 0 Å². The van der Waals surface area contributed by atoms with Crippen LogP contribution in [0.1, 0.15) is 37.2 Å². The zero-order chi connectivity index (χ0) is 19.3. The lowest BCUT2D eigenvalue weighted by Crippen LogP contribution is -2.26. The van der Waals surface area contributed by atoms with Gasteiger partial charge in [0.25, 0.3) is 0 Å². The van der Waals surface area contributed by atoms with Gasteiger partial charge < -0.3 is 4.57 Å². The Morgan fingerprint density at radius 1 is 1.23 bits per heavy atom. The van der Waals surface area contributed by atoms with Crippen LogP contribution in [-0.4, -0.2) is 36.0 Å². The number of aryl methyl sites for hydroxylation is 3. The minimum atomic E-state index is -3.49. The molecular weight excluding hydrogens is 368 g/mol. The number of aromatic nitrogens is 3. The summed E-state index contributed by atoms with van der Waals surface area (Å²) in [5, 5.41) is 9.40. The molecule has 0 atom stereocenters. The highest BCUT2D eigenvalue weighted by Crippen LogP contribution is 2.18. The molecule has 0 amide bonds. The van der Waals surface area contributed by atoms with E-state index in [1.54, 1.807) is 17.8 Å². The Labute approximate surface area is 160 Å². The number of hydrogen-bond acceptors (Lipinski definition) is 5. The predicted octanol–water partition coefficient (Wildman–Crippen LogP) is 3.18. The average molecular weight is 397 g/mol. The summed E-state index contributed by atoms with van der Waals surface area (Å²) in [5.41, 5.74) is 1.81. The van der Waals surface area contributed by atoms with E-state index in [-0.39, 0.29) is 0 Å². The van der Waals surface area contributed by atoms with Gasteiger partial charge in [-0.1, -0.05) is 43.3 Å². The van der Waals surface area contributed by atoms with E-state index in [2.05, 4.69) is 33.3 Å². The van der Waals surface area contributed by atoms with Crippen molar-refractivity contribution in [1.29, 1.82) is 0 Å². The number of nitrogens with zero attached hydrogens (tertiary/aromatic N) is 3. The summed E-state index contributed by atoms with van der Waals surface area (Å²) in [6, 6.07) is 5.36. The first kappa shape index (κ1) is 20.9. The molecule has 0 aliphatic carbocycles. The van der Waals surface area contributed by atoms with E-state index in [0.29, 0.717) is 30.2 Å². The van der Waals surface area contributed by atoms with Gasteiger partial charge in [0.1, 0.15) is 5.82 Å². The number of benzene rings is 1. The summed E-state index contributed by atoms with van der Waals surface area (Å²) in [5.74, 6) is 1.41. The standard InChI is InChI=1S/C18H28N4O2S2/c1-13(2)12-22-17(20-21-18(22)25-5)7-6-10-19-26(23,24)16-9-8-14(3)11-15(16)4/h8-9,11,13,19H,6-7,10,12H2,1-5H3. The van der Waals surface area contributed by atoms with E-state index in [4.69, 9.17) is 0 Å². The number of rotatable bonds is 9. The summed E-state index contributed by atoms with van der Waals surface area (Å²) in [6.45, 7) is 9.33. The molecule has 2 rings (SSSR count). The molecule has 0 saturated carbocycles. The third-order valence-electron chi connectivity index (χ3n) is 4.01. The Balaban J connectivity index is 1.97. The molecule has 144 valence electrons. The maximum Gasteiger partial charge on any atom is 0.240 e. The lowest BCUT2D eigenvalue weighted by atomic mass is 10.2. The SMILES string of the molecule is CSc1nnc(CCCNS(=O)(=O)c2ccc(C)cc2C)n1CC(C)C. The highest BCUT2D eigenvalue weighted by atomic mass is 32.2. The molecule has 6 nitrogen and oxygen atoms in total. The van der Waals surface area contributed by atoms with E-state index in [1.807, 2.05) is 32.2 Å². The first-order valence-electron chi connectivity index (χ1n) is 8.77. The van der Waals surface area contributed by atoms with E-state index in [1.165, 1.54) is 0 Å². The molecule has 1 heterocycles. The Kier molecular flexibility index (Phi) is 7.25. The molecule has 1 aromatic carbocycles. The third-order valence-corrected chi connectivity index (χ3v) is 6.30. The summed E-state index contributed by atoms with van der Waals surface area (Å²) in [6.07, 6.45) is 3.35. The fourth-order valence-electron chi connectivity index (χ4n) is 2.84. The lowest BCUT2D eigenvalue weighted by molar-refractivity contribution is 0.477. The van der Waals surface area contributed by atoms with Crippen LogP contribution >= 0.6 is 11.8 Å². The molecule has 1 N–H and O–H groups in total. The van der Waals surface area contributed by atoms with Crippen LogP contribution in [0.25, 0.3) is 0 Å². The van der Waals surface area contributed by atoms with Crippen molar-refractivity contribution >= 4 is 21.8 Å². The van der Waals surface area contributed by atoms with Crippen LogP contribution < -0.4 is 4.72 Å². The van der Waals surface area contributed by atoms with Gasteiger partial charge in [-0.3, -0.25) is 0 Å². The van der Waals surface area contributed by atoms with Crippen LogP contribution in [0.2, 0.25) is 0 Å². The van der Waals surface area contributed by atoms with Crippen LogP contribution in [0, 0.1) is 19.8 Å². The zero-order valence-electron chi connectivity index (χ0n) is 16.1. The number of thioether (sulfide) groups is 1. The number of sulfonamides is 1. The Bertz CT molecular complexity index is 845. The van der Waals surface area contributed by atoms with Crippen LogP contribution in [-0.2, 0) is 23.0 Å². The molecule has 8 heteroatoms. The minimum Gasteiger partial charge on any atom is -0.306 e. The zero-order valence-corrected chi connectivity index (χ0v) is 17.7. The predicted molar refractivity (Wildman–Crippen MR) is 106 cm³/mol. The monoisotopic (exact) mass is 396 g/mol. The topological polar surface area (TPSA) is 76.9 Å². The van der Waals surface area contributed by atoms with Crippen molar-refractivity contribution in [1.82, 2.24) is 19.5 Å². The Morgan fingerprint density at radius 3 is 2.58 bits per heavy atom. The maximum atomic E-state index is 12.5. The second-order valence-electron chi connectivity index (χ2n) is 6.88. The van der Waals surface area contributed by atoms with Crippen molar-refractivity contribution < 1.29 is 8.42 Å². The second-order valence-corrected chi connectivity index (χ2v) is 9.39. The molecule has 0 unspecified atom stereocenters. The van der Waals surface area contributed by atoms with Gasteiger partial charge in [0.2, 0.25) is 10.0 Å². The van der Waals surface area contributed by atoms with Crippen molar-refractivity contribution in [3.8, 4) is 0 Å². The van der Waals surface area contributed by atoms with Crippen LogP contribution in [0.4, 0.5) is 0 Å². The summed E-state index contributed by atoms with van der Waals surface area (Å²) < 4.78 is 29.8. The van der Waals surface area contributed by atoms with E-state index >= 15 is 0 Å². The first-order valence-corrected chi connectivity index (χ1v) is 11.5. The van der Waals surface area contributed by atoms with Crippen LogP contribution in [0.15, 0.2) is 28.3 Å². The minimum absolute atomic E-state index is 0.343. The summed E-state index contributed by atoms with van der Waals surface area (Å²) in [4.78, 5) is 0.343. The van der Waals surface area contributed by atoms with E-state index in [0.717, 1.165) is 28.7 Å². The molecule has 0 aliphatic rings. The molecule has 0 radical (unpaired) electrons. The van der Waals surface area contributed by atoms with Crippen LogP contribution in [0.5, 0.6) is 0 Å². The first-order chi connectivity index (χ1) is 12.2. The fourth-order valence-corrected chi connectivity index (χ4v) is 4.66. The molecule has 0 aliphatic heterocycles. The van der Waals surface area contributed by atoms with Gasteiger partial charge in [0.05, 0.1) is 4.90 Å². The van der Waals surface area contributed by atoms with Crippen molar-refractivity contribution in [2.24, 2.45) is 5.92 Å². The maximum absolute atomic E-state index is 12.5. The fraction of sp³-hybridized carbons (Fsp3) is 0.556.